The summed E-state index contributed by atoms with van der Waals surface area (Å²) in [4.78, 5) is 9.78. The van der Waals surface area contributed by atoms with E-state index in [1.54, 1.807) is 0 Å². The lowest BCUT2D eigenvalue weighted by Gasteiger charge is -1.94. The first kappa shape index (κ1) is 8.50. The Balaban J connectivity index is 2.91. The molecule has 0 aliphatic carbocycles. The van der Waals surface area contributed by atoms with E-state index in [-0.39, 0.29) is 0 Å². The first-order valence-corrected chi connectivity index (χ1v) is 3.96. The molecule has 1 atom stereocenters. The summed E-state index contributed by atoms with van der Waals surface area (Å²) >= 11 is 0. The quantitative estimate of drug-likeness (QED) is 0.451. The highest BCUT2D eigenvalue weighted by Gasteiger charge is 1.90. The fourth-order valence-electron chi connectivity index (χ4n) is 0.381. The van der Waals surface area contributed by atoms with Gasteiger partial charge >= 0.3 is 6.09 Å². The highest BCUT2D eigenvalue weighted by Crippen LogP contribution is 1.92. The number of rotatable bonds is 4. The summed E-state index contributed by atoms with van der Waals surface area (Å²) in [6, 6.07) is 0. The van der Waals surface area contributed by atoms with Crippen LogP contribution in [0.25, 0.3) is 0 Å². The SMILES string of the molecule is O=[PH2]CCCNC(=O)O. The minimum Gasteiger partial charge on any atom is -0.465 e. The molecule has 4 nitrogen and oxygen atoms in total. The number of amides is 1. The van der Waals surface area contributed by atoms with Crippen LogP contribution < -0.4 is 5.32 Å². The van der Waals surface area contributed by atoms with Gasteiger partial charge in [0.2, 0.25) is 0 Å². The largest absolute Gasteiger partial charge is 0.465 e. The van der Waals surface area contributed by atoms with E-state index in [4.69, 9.17) is 5.11 Å². The first-order valence-electron chi connectivity index (χ1n) is 2.68. The number of hydrogen-bond acceptors (Lipinski definition) is 2. The Hall–Kier alpha value is -0.500. The van der Waals surface area contributed by atoms with E-state index >= 15 is 0 Å². The van der Waals surface area contributed by atoms with Crippen molar-refractivity contribution in [2.75, 3.05) is 12.7 Å². The van der Waals surface area contributed by atoms with E-state index in [0.29, 0.717) is 19.1 Å². The number of carbonyl (C=O) groups is 1. The lowest BCUT2D eigenvalue weighted by atomic mass is 10.5. The average Bonchev–Trinajstić information content (AvgIpc) is 1.80. The van der Waals surface area contributed by atoms with Crippen molar-refractivity contribution in [3.63, 3.8) is 0 Å². The maximum atomic E-state index is 9.88. The van der Waals surface area contributed by atoms with Crippen molar-refractivity contribution in [2.45, 2.75) is 6.42 Å². The standard InChI is InChI=1S/C4H10NO3P/c6-4(7)5-2-1-3-9-8/h5H,1-3,9H2,(H,6,7). The smallest absolute Gasteiger partial charge is 0.404 e. The summed E-state index contributed by atoms with van der Waals surface area (Å²) in [6.07, 6.45) is 0.279. The van der Waals surface area contributed by atoms with Crippen molar-refractivity contribution < 1.29 is 14.5 Å². The van der Waals surface area contributed by atoms with Crippen LogP contribution in [-0.2, 0) is 4.57 Å². The molecule has 0 saturated heterocycles. The van der Waals surface area contributed by atoms with Gasteiger partial charge in [-0.15, -0.1) is 0 Å². The summed E-state index contributed by atoms with van der Waals surface area (Å²) < 4.78 is 9.88. The molecule has 5 heteroatoms. The Bertz CT molecular complexity index is 106. The second-order valence-electron chi connectivity index (χ2n) is 1.54. The molecule has 0 rings (SSSR count). The molecule has 0 aromatic carbocycles. The van der Waals surface area contributed by atoms with Crippen molar-refractivity contribution in [1.82, 2.24) is 5.32 Å². The Kier molecular flexibility index (Phi) is 5.32. The van der Waals surface area contributed by atoms with Crippen molar-refractivity contribution >= 4 is 14.6 Å². The molecule has 1 unspecified atom stereocenters. The molecule has 0 aliphatic rings. The summed E-state index contributed by atoms with van der Waals surface area (Å²) in [7, 11) is -0.718. The van der Waals surface area contributed by atoms with Gasteiger partial charge in [-0.05, 0) is 12.6 Å². The minimum atomic E-state index is -1.02. The van der Waals surface area contributed by atoms with Gasteiger partial charge in [-0.3, -0.25) is 0 Å². The Labute approximate surface area is 54.5 Å². The number of carboxylic acid groups (broad SMARTS) is 1. The molecule has 0 aliphatic heterocycles. The predicted octanol–water partition coefficient (Wildman–Crippen LogP) is 0.400. The summed E-state index contributed by atoms with van der Waals surface area (Å²) in [6.45, 7) is 0.407. The Morgan fingerprint density at radius 2 is 2.33 bits per heavy atom. The van der Waals surface area contributed by atoms with Crippen molar-refractivity contribution in [3.05, 3.63) is 0 Å². The van der Waals surface area contributed by atoms with E-state index in [1.807, 2.05) is 0 Å². The molecule has 54 valence electrons. The van der Waals surface area contributed by atoms with Crippen LogP contribution in [0.15, 0.2) is 0 Å². The molecular weight excluding hydrogens is 141 g/mol. The zero-order valence-electron chi connectivity index (χ0n) is 4.96. The highest BCUT2D eigenvalue weighted by molar-refractivity contribution is 7.23. The lowest BCUT2D eigenvalue weighted by molar-refractivity contribution is 0.194. The van der Waals surface area contributed by atoms with E-state index in [2.05, 4.69) is 5.32 Å². The predicted molar refractivity (Wildman–Crippen MR) is 35.9 cm³/mol. The fourth-order valence-corrected chi connectivity index (χ4v) is 0.752. The molecule has 2 N–H and O–H groups in total. The van der Waals surface area contributed by atoms with E-state index in [1.165, 1.54) is 0 Å². The zero-order valence-corrected chi connectivity index (χ0v) is 6.12. The number of nitrogens with one attached hydrogen (secondary N) is 1. The third kappa shape index (κ3) is 7.50. The molecule has 0 aromatic heterocycles. The van der Waals surface area contributed by atoms with Gasteiger partial charge < -0.3 is 15.0 Å². The maximum absolute atomic E-state index is 9.88. The van der Waals surface area contributed by atoms with Crippen molar-refractivity contribution in [1.29, 1.82) is 0 Å². The van der Waals surface area contributed by atoms with Gasteiger partial charge in [0.05, 0.1) is 8.46 Å². The summed E-state index contributed by atoms with van der Waals surface area (Å²) in [5.41, 5.74) is 0. The molecule has 0 bridgehead atoms. The molecule has 0 heterocycles. The normalized spacial score (nSPS) is 10.2. The fraction of sp³-hybridized carbons (Fsp3) is 0.750. The summed E-state index contributed by atoms with van der Waals surface area (Å²) in [5.74, 6) is 0. The maximum Gasteiger partial charge on any atom is 0.404 e. The van der Waals surface area contributed by atoms with Crippen LogP contribution in [0, 0.1) is 0 Å². The molecule has 0 fully saturated rings. The van der Waals surface area contributed by atoms with Crippen LogP contribution in [-0.4, -0.2) is 23.9 Å². The second-order valence-corrected chi connectivity index (χ2v) is 2.45. The van der Waals surface area contributed by atoms with Gasteiger partial charge in [0.25, 0.3) is 0 Å². The van der Waals surface area contributed by atoms with E-state index < -0.39 is 14.6 Å². The molecule has 1 amide bonds. The van der Waals surface area contributed by atoms with Crippen molar-refractivity contribution in [2.24, 2.45) is 0 Å². The van der Waals surface area contributed by atoms with Gasteiger partial charge in [-0.1, -0.05) is 0 Å². The first-order chi connectivity index (χ1) is 4.27. The van der Waals surface area contributed by atoms with Crippen LogP contribution in [0.4, 0.5) is 4.79 Å². The average molecular weight is 151 g/mol. The van der Waals surface area contributed by atoms with E-state index in [9.17, 15) is 9.36 Å². The third-order valence-corrected chi connectivity index (χ3v) is 1.42. The number of hydrogen-bond donors (Lipinski definition) is 2. The topological polar surface area (TPSA) is 66.4 Å². The molecule has 9 heavy (non-hydrogen) atoms. The molecular formula is C4H10NO3P. The Morgan fingerprint density at radius 1 is 1.67 bits per heavy atom. The van der Waals surface area contributed by atoms with Gasteiger partial charge in [0.1, 0.15) is 0 Å². The highest BCUT2D eigenvalue weighted by atomic mass is 31.1. The van der Waals surface area contributed by atoms with Crippen LogP contribution in [0.5, 0.6) is 0 Å². The Morgan fingerprint density at radius 3 is 2.78 bits per heavy atom. The van der Waals surface area contributed by atoms with Gasteiger partial charge in [0.15, 0.2) is 0 Å². The molecule has 0 aromatic rings. The third-order valence-electron chi connectivity index (χ3n) is 0.775. The monoisotopic (exact) mass is 151 g/mol. The molecule has 0 radical (unpaired) electrons. The zero-order chi connectivity index (χ0) is 7.11. The molecule has 0 spiro atoms. The van der Waals surface area contributed by atoms with E-state index in [0.717, 1.165) is 0 Å². The van der Waals surface area contributed by atoms with Crippen LogP contribution in [0.2, 0.25) is 0 Å². The summed E-state index contributed by atoms with van der Waals surface area (Å²) in [5, 5.41) is 10.2. The van der Waals surface area contributed by atoms with Crippen molar-refractivity contribution in [3.8, 4) is 0 Å². The minimum absolute atomic E-state index is 0.407. The van der Waals surface area contributed by atoms with Gasteiger partial charge in [0, 0.05) is 6.54 Å². The van der Waals surface area contributed by atoms with Crippen LogP contribution in [0.1, 0.15) is 6.42 Å². The lowest BCUT2D eigenvalue weighted by Crippen LogP contribution is -2.21. The second kappa shape index (κ2) is 5.63. The molecule has 0 saturated carbocycles. The van der Waals surface area contributed by atoms with Gasteiger partial charge in [-0.25, -0.2) is 4.79 Å². The van der Waals surface area contributed by atoms with Crippen LogP contribution >= 0.6 is 8.46 Å². The van der Waals surface area contributed by atoms with Gasteiger partial charge in [-0.2, -0.15) is 0 Å². The van der Waals surface area contributed by atoms with Crippen LogP contribution in [0.3, 0.4) is 0 Å².